The number of aromatic hydroxyl groups is 1. The molecule has 0 spiro atoms. The molecule has 17 heavy (non-hydrogen) atoms. The van der Waals surface area contributed by atoms with Crippen LogP contribution in [0.2, 0.25) is 0 Å². The molecule has 0 aliphatic heterocycles. The van der Waals surface area contributed by atoms with Crippen molar-refractivity contribution >= 4 is 27.4 Å². The smallest absolute Gasteiger partial charge is 0.180 e. The van der Waals surface area contributed by atoms with Crippen molar-refractivity contribution < 1.29 is 14.6 Å². The summed E-state index contributed by atoms with van der Waals surface area (Å²) in [5, 5.41) is 9.77. The van der Waals surface area contributed by atoms with Crippen LogP contribution in [0.5, 0.6) is 11.5 Å². The molecule has 0 amide bonds. The number of phenolic OH excluding ortho intramolecular Hbond substituents is 1. The number of ether oxygens (including phenoxy) is 1. The summed E-state index contributed by atoms with van der Waals surface area (Å²) in [7, 11) is 1.45. The van der Waals surface area contributed by atoms with E-state index in [-0.39, 0.29) is 27.8 Å². The molecule has 1 aromatic carbocycles. The molecule has 0 radical (unpaired) electrons. The van der Waals surface area contributed by atoms with E-state index < -0.39 is 0 Å². The minimum atomic E-state index is -0.346. The van der Waals surface area contributed by atoms with Crippen LogP contribution in [0.4, 0.5) is 5.69 Å². The molecule has 0 aliphatic carbocycles. The van der Waals surface area contributed by atoms with E-state index >= 15 is 0 Å². The molecule has 0 aromatic heterocycles. The number of nitrogens with two attached hydrogens (primary N) is 1. The van der Waals surface area contributed by atoms with E-state index in [0.717, 1.165) is 0 Å². The molecule has 0 fully saturated rings. The number of hydrogen-bond donors (Lipinski definition) is 2. The molecular formula is C12H16BrNO3. The van der Waals surface area contributed by atoms with E-state index in [1.165, 1.54) is 19.2 Å². The van der Waals surface area contributed by atoms with Gasteiger partial charge in [0.2, 0.25) is 0 Å². The maximum atomic E-state index is 12.1. The lowest BCUT2D eigenvalue weighted by molar-refractivity contribution is 0.0975. The van der Waals surface area contributed by atoms with Crippen LogP contribution in [0.15, 0.2) is 12.1 Å². The zero-order valence-electron chi connectivity index (χ0n) is 10.0. The minimum Gasteiger partial charge on any atom is -0.507 e. The average Bonchev–Trinajstić information content (AvgIpc) is 2.29. The topological polar surface area (TPSA) is 72.5 Å². The summed E-state index contributed by atoms with van der Waals surface area (Å²) in [5.74, 6) is 0.179. The second kappa shape index (κ2) is 5.40. The summed E-state index contributed by atoms with van der Waals surface area (Å²) >= 11 is 3.31. The number of hydrogen-bond acceptors (Lipinski definition) is 4. The van der Waals surface area contributed by atoms with Crippen molar-refractivity contribution in [3.8, 4) is 11.5 Å². The highest BCUT2D eigenvalue weighted by Crippen LogP contribution is 2.32. The number of carbonyl (C=O) groups is 1. The lowest BCUT2D eigenvalue weighted by atomic mass is 9.99. The van der Waals surface area contributed by atoms with E-state index in [1.807, 2.05) is 13.8 Å². The number of benzene rings is 1. The number of rotatable bonds is 4. The van der Waals surface area contributed by atoms with E-state index in [1.54, 1.807) is 0 Å². The van der Waals surface area contributed by atoms with Crippen LogP contribution in [0, 0.1) is 5.92 Å². The third kappa shape index (κ3) is 2.91. The van der Waals surface area contributed by atoms with Crippen molar-refractivity contribution in [3.05, 3.63) is 17.7 Å². The van der Waals surface area contributed by atoms with E-state index in [0.29, 0.717) is 11.4 Å². The van der Waals surface area contributed by atoms with Crippen molar-refractivity contribution in [2.45, 2.75) is 18.7 Å². The van der Waals surface area contributed by atoms with Gasteiger partial charge in [-0.15, -0.1) is 0 Å². The summed E-state index contributed by atoms with van der Waals surface area (Å²) in [4.78, 5) is 11.7. The van der Waals surface area contributed by atoms with Crippen molar-refractivity contribution in [2.75, 3.05) is 12.8 Å². The van der Waals surface area contributed by atoms with Crippen LogP contribution in [0.1, 0.15) is 24.2 Å². The van der Waals surface area contributed by atoms with Crippen LogP contribution in [-0.4, -0.2) is 22.8 Å². The Morgan fingerprint density at radius 1 is 1.47 bits per heavy atom. The van der Waals surface area contributed by atoms with Gasteiger partial charge in [-0.05, 0) is 12.0 Å². The molecule has 1 aromatic rings. The van der Waals surface area contributed by atoms with E-state index in [9.17, 15) is 9.90 Å². The molecule has 0 bridgehead atoms. The zero-order chi connectivity index (χ0) is 13.2. The first-order chi connectivity index (χ1) is 7.88. The van der Waals surface area contributed by atoms with Gasteiger partial charge in [-0.2, -0.15) is 0 Å². The fourth-order valence-electron chi connectivity index (χ4n) is 1.41. The second-order valence-electron chi connectivity index (χ2n) is 4.12. The SMILES string of the molecule is COc1cc(O)c(C(=O)C(Br)C(C)C)cc1N. The molecule has 1 atom stereocenters. The molecule has 0 saturated heterocycles. The van der Waals surface area contributed by atoms with Gasteiger partial charge in [0.25, 0.3) is 0 Å². The maximum Gasteiger partial charge on any atom is 0.180 e. The number of Topliss-reactive ketones (excluding diaryl/α,β-unsaturated/α-hetero) is 1. The van der Waals surface area contributed by atoms with Crippen molar-refractivity contribution in [2.24, 2.45) is 5.92 Å². The van der Waals surface area contributed by atoms with Gasteiger partial charge < -0.3 is 15.6 Å². The normalized spacial score (nSPS) is 12.5. The zero-order valence-corrected chi connectivity index (χ0v) is 11.6. The van der Waals surface area contributed by atoms with Gasteiger partial charge in [0, 0.05) is 6.07 Å². The molecule has 0 heterocycles. The lowest BCUT2D eigenvalue weighted by Gasteiger charge is -2.14. The third-order valence-electron chi connectivity index (χ3n) is 2.45. The summed E-state index contributed by atoms with van der Waals surface area (Å²) in [6.45, 7) is 3.84. The van der Waals surface area contributed by atoms with Crippen LogP contribution in [0.25, 0.3) is 0 Å². The average molecular weight is 302 g/mol. The standard InChI is InChI=1S/C12H16BrNO3/c1-6(2)11(13)12(16)7-4-8(14)10(17-3)5-9(7)15/h4-6,11,15H,14H2,1-3H3. The number of alkyl halides is 1. The van der Waals surface area contributed by atoms with Crippen LogP contribution in [0.3, 0.4) is 0 Å². The van der Waals surface area contributed by atoms with E-state index in [4.69, 9.17) is 10.5 Å². The number of methoxy groups -OCH3 is 1. The highest BCUT2D eigenvalue weighted by molar-refractivity contribution is 9.10. The summed E-state index contributed by atoms with van der Waals surface area (Å²) in [6.07, 6.45) is 0. The summed E-state index contributed by atoms with van der Waals surface area (Å²) in [6, 6.07) is 2.79. The van der Waals surface area contributed by atoms with Gasteiger partial charge in [0.05, 0.1) is 23.2 Å². The Bertz CT molecular complexity index is 432. The molecule has 0 saturated carbocycles. The molecule has 1 unspecified atom stereocenters. The van der Waals surface area contributed by atoms with Crippen molar-refractivity contribution in [1.82, 2.24) is 0 Å². The first-order valence-corrected chi connectivity index (χ1v) is 6.14. The first kappa shape index (κ1) is 13.8. The predicted molar refractivity (Wildman–Crippen MR) is 71.0 cm³/mol. The minimum absolute atomic E-state index is 0.119. The van der Waals surface area contributed by atoms with Crippen molar-refractivity contribution in [3.63, 3.8) is 0 Å². The number of ketones is 1. The number of halogens is 1. The molecule has 5 heteroatoms. The molecule has 1 rings (SSSR count). The maximum absolute atomic E-state index is 12.1. The number of nitrogen functional groups attached to an aromatic ring is 1. The Kier molecular flexibility index (Phi) is 4.40. The fourth-order valence-corrected chi connectivity index (χ4v) is 1.66. The monoisotopic (exact) mass is 301 g/mol. The van der Waals surface area contributed by atoms with Gasteiger partial charge in [-0.3, -0.25) is 4.79 Å². The van der Waals surface area contributed by atoms with Crippen LogP contribution < -0.4 is 10.5 Å². The van der Waals surface area contributed by atoms with Crippen LogP contribution in [-0.2, 0) is 0 Å². The Labute approximate surface area is 109 Å². The third-order valence-corrected chi connectivity index (χ3v) is 3.92. The first-order valence-electron chi connectivity index (χ1n) is 5.23. The summed E-state index contributed by atoms with van der Waals surface area (Å²) < 4.78 is 4.96. The molecule has 0 aliphatic rings. The highest BCUT2D eigenvalue weighted by atomic mass is 79.9. The number of carbonyl (C=O) groups excluding carboxylic acids is 1. The number of phenols is 1. The number of anilines is 1. The lowest BCUT2D eigenvalue weighted by Crippen LogP contribution is -2.20. The second-order valence-corrected chi connectivity index (χ2v) is 5.11. The van der Waals surface area contributed by atoms with Gasteiger partial charge in [0.1, 0.15) is 11.5 Å². The van der Waals surface area contributed by atoms with Gasteiger partial charge in [-0.25, -0.2) is 0 Å². The Balaban J connectivity index is 3.15. The Hall–Kier alpha value is -1.23. The molecule has 3 N–H and O–H groups in total. The van der Waals surface area contributed by atoms with Gasteiger partial charge in [0.15, 0.2) is 5.78 Å². The molecule has 4 nitrogen and oxygen atoms in total. The molecular weight excluding hydrogens is 286 g/mol. The highest BCUT2D eigenvalue weighted by Gasteiger charge is 2.23. The largest absolute Gasteiger partial charge is 0.507 e. The Morgan fingerprint density at radius 2 is 2.06 bits per heavy atom. The molecule has 94 valence electrons. The van der Waals surface area contributed by atoms with Crippen molar-refractivity contribution in [1.29, 1.82) is 0 Å². The van der Waals surface area contributed by atoms with Crippen LogP contribution >= 0.6 is 15.9 Å². The predicted octanol–water partition coefficient (Wildman–Crippen LogP) is 2.59. The van der Waals surface area contributed by atoms with E-state index in [2.05, 4.69) is 15.9 Å². The van der Waals surface area contributed by atoms with Gasteiger partial charge >= 0.3 is 0 Å². The quantitative estimate of drug-likeness (QED) is 0.388. The summed E-state index contributed by atoms with van der Waals surface area (Å²) in [5.41, 5.74) is 6.25. The Morgan fingerprint density at radius 3 is 2.53 bits per heavy atom. The van der Waals surface area contributed by atoms with Gasteiger partial charge in [-0.1, -0.05) is 29.8 Å². The fraction of sp³-hybridized carbons (Fsp3) is 0.417.